The van der Waals surface area contributed by atoms with Crippen LogP contribution in [0.4, 0.5) is 9.18 Å². The van der Waals surface area contributed by atoms with E-state index in [1.54, 1.807) is 6.07 Å². The molecule has 0 aliphatic carbocycles. The lowest BCUT2D eigenvalue weighted by molar-refractivity contribution is 0.0129. The average molecular weight is 351 g/mol. The Balaban J connectivity index is 1.72. The molecule has 2 N–H and O–H groups in total. The summed E-state index contributed by atoms with van der Waals surface area (Å²) in [5.41, 5.74) is 0.881. The van der Waals surface area contributed by atoms with Gasteiger partial charge in [0.05, 0.1) is 13.2 Å². The fourth-order valence-corrected chi connectivity index (χ4v) is 3.13. The van der Waals surface area contributed by atoms with Gasteiger partial charge in [-0.1, -0.05) is 26.0 Å². The normalized spacial score (nSPS) is 16.6. The van der Waals surface area contributed by atoms with Crippen molar-refractivity contribution in [2.75, 3.05) is 39.4 Å². The maximum atomic E-state index is 13.1. The van der Waals surface area contributed by atoms with Gasteiger partial charge in [-0.3, -0.25) is 4.90 Å². The van der Waals surface area contributed by atoms with E-state index in [1.807, 2.05) is 6.07 Å². The zero-order chi connectivity index (χ0) is 18.1. The zero-order valence-corrected chi connectivity index (χ0v) is 15.3. The molecular formula is C19H30FN3O2. The third kappa shape index (κ3) is 7.40. The number of morpholine rings is 1. The van der Waals surface area contributed by atoms with Gasteiger partial charge in [0.25, 0.3) is 0 Å². The molecule has 0 radical (unpaired) electrons. The molecule has 6 heteroatoms. The van der Waals surface area contributed by atoms with E-state index in [-0.39, 0.29) is 11.8 Å². The minimum atomic E-state index is -0.246. The van der Waals surface area contributed by atoms with Crippen LogP contribution in [0.3, 0.4) is 0 Å². The van der Waals surface area contributed by atoms with E-state index in [0.717, 1.165) is 38.3 Å². The fourth-order valence-electron chi connectivity index (χ4n) is 3.13. The molecule has 1 aliphatic rings. The van der Waals surface area contributed by atoms with Crippen LogP contribution in [0.25, 0.3) is 0 Å². The molecule has 1 atom stereocenters. The Morgan fingerprint density at radius 1 is 1.28 bits per heavy atom. The zero-order valence-electron chi connectivity index (χ0n) is 15.3. The quantitative estimate of drug-likeness (QED) is 0.756. The third-order valence-corrected chi connectivity index (χ3v) is 4.39. The molecule has 1 aliphatic heterocycles. The molecule has 0 aromatic heterocycles. The average Bonchev–Trinajstić information content (AvgIpc) is 2.59. The standard InChI is InChI=1S/C19H30FN3O2/c1-15(2)12-18(23-8-10-25-11-9-23)14-22-19(24)21-7-6-16-4-3-5-17(20)13-16/h3-5,13,15,18H,6-12,14H2,1-2H3,(H2,21,22,24). The summed E-state index contributed by atoms with van der Waals surface area (Å²) in [4.78, 5) is 14.4. The molecule has 0 spiro atoms. The number of rotatable bonds is 8. The van der Waals surface area contributed by atoms with Crippen molar-refractivity contribution in [3.8, 4) is 0 Å². The number of carbonyl (C=O) groups is 1. The molecule has 1 saturated heterocycles. The van der Waals surface area contributed by atoms with E-state index in [0.29, 0.717) is 31.5 Å². The number of carbonyl (C=O) groups excluding carboxylic acids is 1. The van der Waals surface area contributed by atoms with Gasteiger partial charge in [0, 0.05) is 32.2 Å². The minimum absolute atomic E-state index is 0.168. The summed E-state index contributed by atoms with van der Waals surface area (Å²) in [5.74, 6) is 0.328. The van der Waals surface area contributed by atoms with Crippen LogP contribution in [-0.4, -0.2) is 56.4 Å². The number of nitrogens with zero attached hydrogens (tertiary/aromatic N) is 1. The Hall–Kier alpha value is -1.66. The van der Waals surface area contributed by atoms with Gasteiger partial charge in [-0.05, 0) is 36.5 Å². The summed E-state index contributed by atoms with van der Waals surface area (Å²) < 4.78 is 18.5. The van der Waals surface area contributed by atoms with Gasteiger partial charge >= 0.3 is 6.03 Å². The molecule has 2 rings (SSSR count). The van der Waals surface area contributed by atoms with Crippen molar-refractivity contribution < 1.29 is 13.9 Å². The lowest BCUT2D eigenvalue weighted by atomic mass is 10.0. The monoisotopic (exact) mass is 351 g/mol. The van der Waals surface area contributed by atoms with Crippen LogP contribution >= 0.6 is 0 Å². The van der Waals surface area contributed by atoms with Gasteiger partial charge in [-0.25, -0.2) is 9.18 Å². The van der Waals surface area contributed by atoms with Gasteiger partial charge in [0.2, 0.25) is 0 Å². The highest BCUT2D eigenvalue weighted by Gasteiger charge is 2.22. The van der Waals surface area contributed by atoms with Crippen LogP contribution in [0.1, 0.15) is 25.8 Å². The molecule has 5 nitrogen and oxygen atoms in total. The van der Waals surface area contributed by atoms with Crippen molar-refractivity contribution in [2.24, 2.45) is 5.92 Å². The molecule has 0 bridgehead atoms. The van der Waals surface area contributed by atoms with Gasteiger partial charge in [0.1, 0.15) is 5.82 Å². The van der Waals surface area contributed by atoms with E-state index in [4.69, 9.17) is 4.74 Å². The summed E-state index contributed by atoms with van der Waals surface area (Å²) in [5, 5.41) is 5.82. The first-order valence-corrected chi connectivity index (χ1v) is 9.12. The lowest BCUT2D eigenvalue weighted by Gasteiger charge is -2.35. The van der Waals surface area contributed by atoms with Crippen LogP contribution in [0, 0.1) is 11.7 Å². The maximum Gasteiger partial charge on any atom is 0.314 e. The molecule has 1 aromatic carbocycles. The number of hydrogen-bond acceptors (Lipinski definition) is 3. The van der Waals surface area contributed by atoms with E-state index in [1.165, 1.54) is 12.1 Å². The van der Waals surface area contributed by atoms with Gasteiger partial charge in [-0.2, -0.15) is 0 Å². The molecule has 2 amide bonds. The highest BCUT2D eigenvalue weighted by molar-refractivity contribution is 5.73. The van der Waals surface area contributed by atoms with Crippen LogP contribution < -0.4 is 10.6 Å². The Bertz CT molecular complexity index is 533. The third-order valence-electron chi connectivity index (χ3n) is 4.39. The minimum Gasteiger partial charge on any atom is -0.379 e. The second-order valence-electron chi connectivity index (χ2n) is 6.95. The van der Waals surface area contributed by atoms with E-state index in [9.17, 15) is 9.18 Å². The van der Waals surface area contributed by atoms with Crippen molar-refractivity contribution in [3.63, 3.8) is 0 Å². The van der Waals surface area contributed by atoms with Crippen molar-refractivity contribution in [1.82, 2.24) is 15.5 Å². The van der Waals surface area contributed by atoms with Crippen molar-refractivity contribution in [2.45, 2.75) is 32.7 Å². The molecule has 1 aromatic rings. The highest BCUT2D eigenvalue weighted by Crippen LogP contribution is 2.13. The molecular weight excluding hydrogens is 321 g/mol. The predicted octanol–water partition coefficient (Wildman–Crippen LogP) is 2.41. The van der Waals surface area contributed by atoms with E-state index < -0.39 is 0 Å². The maximum absolute atomic E-state index is 13.1. The number of amides is 2. The van der Waals surface area contributed by atoms with Crippen molar-refractivity contribution in [3.05, 3.63) is 35.6 Å². The summed E-state index contributed by atoms with van der Waals surface area (Å²) >= 11 is 0. The Morgan fingerprint density at radius 2 is 2.04 bits per heavy atom. The van der Waals surface area contributed by atoms with Crippen LogP contribution in [0.2, 0.25) is 0 Å². The fraction of sp³-hybridized carbons (Fsp3) is 0.632. The summed E-state index contributed by atoms with van der Waals surface area (Å²) in [6.07, 6.45) is 1.66. The van der Waals surface area contributed by atoms with Gasteiger partial charge in [0.15, 0.2) is 0 Å². The summed E-state index contributed by atoms with van der Waals surface area (Å²) in [7, 11) is 0. The van der Waals surface area contributed by atoms with Gasteiger partial charge in [-0.15, -0.1) is 0 Å². The first kappa shape index (κ1) is 19.7. The first-order valence-electron chi connectivity index (χ1n) is 9.12. The number of halogens is 1. The first-order chi connectivity index (χ1) is 12.0. The summed E-state index contributed by atoms with van der Waals surface area (Å²) in [6.45, 7) is 8.87. The second kappa shape index (κ2) is 10.4. The number of hydrogen-bond donors (Lipinski definition) is 2. The molecule has 25 heavy (non-hydrogen) atoms. The van der Waals surface area contributed by atoms with Gasteiger partial charge < -0.3 is 15.4 Å². The number of nitrogens with one attached hydrogen (secondary N) is 2. The smallest absolute Gasteiger partial charge is 0.314 e. The Morgan fingerprint density at radius 3 is 2.72 bits per heavy atom. The van der Waals surface area contributed by atoms with Crippen LogP contribution in [-0.2, 0) is 11.2 Å². The summed E-state index contributed by atoms with van der Waals surface area (Å²) in [6, 6.07) is 6.63. The number of ether oxygens (including phenoxy) is 1. The molecule has 140 valence electrons. The van der Waals surface area contributed by atoms with Crippen LogP contribution in [0.5, 0.6) is 0 Å². The largest absolute Gasteiger partial charge is 0.379 e. The van der Waals surface area contributed by atoms with E-state index in [2.05, 4.69) is 29.4 Å². The lowest BCUT2D eigenvalue weighted by Crippen LogP contribution is -2.50. The molecule has 1 heterocycles. The van der Waals surface area contributed by atoms with Crippen LogP contribution in [0.15, 0.2) is 24.3 Å². The molecule has 1 unspecified atom stereocenters. The molecule has 1 fully saturated rings. The number of benzene rings is 1. The highest BCUT2D eigenvalue weighted by atomic mass is 19.1. The number of urea groups is 1. The topological polar surface area (TPSA) is 53.6 Å². The SMILES string of the molecule is CC(C)CC(CNC(=O)NCCc1cccc(F)c1)N1CCOCC1. The Labute approximate surface area is 149 Å². The van der Waals surface area contributed by atoms with E-state index >= 15 is 0 Å². The second-order valence-corrected chi connectivity index (χ2v) is 6.95. The predicted molar refractivity (Wildman–Crippen MR) is 97.1 cm³/mol. The van der Waals surface area contributed by atoms with Crippen molar-refractivity contribution >= 4 is 6.03 Å². The Kier molecular flexibility index (Phi) is 8.15. The molecule has 0 saturated carbocycles. The van der Waals surface area contributed by atoms with Crippen molar-refractivity contribution in [1.29, 1.82) is 0 Å².